The molecule has 214 valence electrons. The summed E-state index contributed by atoms with van der Waals surface area (Å²) in [4.78, 5) is 32.4. The lowest BCUT2D eigenvalue weighted by Crippen LogP contribution is -1.96. The van der Waals surface area contributed by atoms with Crippen molar-refractivity contribution in [3.05, 3.63) is 140 Å². The Hall–Kier alpha value is -6.47. The molecule has 0 saturated carbocycles. The minimum Gasteiger partial charge on any atom is -0.256 e. The minimum atomic E-state index is 0.595. The van der Waals surface area contributed by atoms with Crippen molar-refractivity contribution in [3.8, 4) is 45.4 Å². The fourth-order valence-electron chi connectivity index (χ4n) is 5.99. The van der Waals surface area contributed by atoms with Crippen molar-refractivity contribution in [2.45, 2.75) is 0 Å². The number of hydrogen-bond donors (Lipinski definition) is 0. The first-order valence-electron chi connectivity index (χ1n) is 14.9. The first kappa shape index (κ1) is 26.0. The molecular formula is C39H23N7. The lowest BCUT2D eigenvalue weighted by Gasteiger charge is -2.09. The molecule has 0 fully saturated rings. The van der Waals surface area contributed by atoms with Gasteiger partial charge in [-0.3, -0.25) is 9.97 Å². The van der Waals surface area contributed by atoms with Crippen LogP contribution in [0.4, 0.5) is 0 Å². The summed E-state index contributed by atoms with van der Waals surface area (Å²) in [5.74, 6) is 1.89. The average molecular weight is 590 g/mol. The Morgan fingerprint density at radius 3 is 1.59 bits per heavy atom. The van der Waals surface area contributed by atoms with Crippen molar-refractivity contribution < 1.29 is 0 Å². The highest BCUT2D eigenvalue weighted by Gasteiger charge is 2.11. The lowest BCUT2D eigenvalue weighted by molar-refractivity contribution is 1.06. The van der Waals surface area contributed by atoms with Crippen molar-refractivity contribution in [1.82, 2.24) is 34.9 Å². The van der Waals surface area contributed by atoms with Crippen LogP contribution in [0.3, 0.4) is 0 Å². The number of benzene rings is 5. The molecule has 0 atom stereocenters. The van der Waals surface area contributed by atoms with E-state index in [-0.39, 0.29) is 0 Å². The van der Waals surface area contributed by atoms with Gasteiger partial charge in [-0.05, 0) is 64.0 Å². The molecular weight excluding hydrogens is 566 g/mol. The smallest absolute Gasteiger partial charge is 0.164 e. The predicted octanol–water partition coefficient (Wildman–Crippen LogP) is 8.73. The van der Waals surface area contributed by atoms with Gasteiger partial charge in [-0.25, -0.2) is 24.9 Å². The first-order valence-corrected chi connectivity index (χ1v) is 14.9. The fraction of sp³-hybridized carbons (Fsp3) is 0. The van der Waals surface area contributed by atoms with E-state index >= 15 is 0 Å². The zero-order valence-electron chi connectivity index (χ0n) is 24.4. The second-order valence-corrected chi connectivity index (χ2v) is 11.2. The zero-order valence-corrected chi connectivity index (χ0v) is 24.4. The SMILES string of the molecule is c1ccc2ncc(-c3ccnc(-c4ccc5c(ccc6cc(-c7ncnc(-c8cnc9ccccc9c8)n7)ccc65)c4)n3)cc2c1. The van der Waals surface area contributed by atoms with Crippen LogP contribution in [-0.4, -0.2) is 34.9 Å². The van der Waals surface area contributed by atoms with Gasteiger partial charge >= 0.3 is 0 Å². The summed E-state index contributed by atoms with van der Waals surface area (Å²) < 4.78 is 0. The second kappa shape index (κ2) is 10.6. The van der Waals surface area contributed by atoms with Crippen molar-refractivity contribution in [3.63, 3.8) is 0 Å². The standard InChI is InChI=1S/C39H23N7/c1-3-7-34-26(5-1)19-30(21-41-34)36-15-16-40-37(45-36)28-11-13-32-24(17-28)9-10-25-18-29(12-14-33(25)32)38-43-23-44-39(46-38)31-20-27-6-2-4-8-35(27)42-22-31/h1-23H. The van der Waals surface area contributed by atoms with E-state index in [9.17, 15) is 0 Å². The van der Waals surface area contributed by atoms with Gasteiger partial charge in [0.25, 0.3) is 0 Å². The van der Waals surface area contributed by atoms with Gasteiger partial charge in [0.15, 0.2) is 17.5 Å². The van der Waals surface area contributed by atoms with Crippen molar-refractivity contribution in [2.24, 2.45) is 0 Å². The van der Waals surface area contributed by atoms with Crippen LogP contribution in [0.15, 0.2) is 140 Å². The number of fused-ring (bicyclic) bond motifs is 5. The van der Waals surface area contributed by atoms with Gasteiger partial charge in [-0.2, -0.15) is 0 Å². The van der Waals surface area contributed by atoms with E-state index in [0.717, 1.165) is 71.3 Å². The van der Waals surface area contributed by atoms with Gasteiger partial charge in [0.05, 0.1) is 16.7 Å². The molecule has 0 N–H and O–H groups in total. The minimum absolute atomic E-state index is 0.595. The number of rotatable bonds is 4. The maximum absolute atomic E-state index is 4.90. The van der Waals surface area contributed by atoms with Crippen LogP contribution < -0.4 is 0 Å². The molecule has 0 unspecified atom stereocenters. The molecule has 0 radical (unpaired) electrons. The lowest BCUT2D eigenvalue weighted by atomic mass is 9.98. The number of aromatic nitrogens is 7. The van der Waals surface area contributed by atoms with Crippen LogP contribution in [0.5, 0.6) is 0 Å². The molecule has 5 aromatic carbocycles. The highest BCUT2D eigenvalue weighted by atomic mass is 15.0. The van der Waals surface area contributed by atoms with Gasteiger partial charge in [-0.15, -0.1) is 0 Å². The largest absolute Gasteiger partial charge is 0.256 e. The quantitative estimate of drug-likeness (QED) is 0.190. The van der Waals surface area contributed by atoms with Crippen LogP contribution in [-0.2, 0) is 0 Å². The summed E-state index contributed by atoms with van der Waals surface area (Å²) in [5.41, 5.74) is 6.44. The van der Waals surface area contributed by atoms with E-state index in [1.165, 1.54) is 0 Å². The third-order valence-electron chi connectivity index (χ3n) is 8.31. The molecule has 0 aliphatic heterocycles. The van der Waals surface area contributed by atoms with Crippen molar-refractivity contribution in [1.29, 1.82) is 0 Å². The van der Waals surface area contributed by atoms with E-state index < -0.39 is 0 Å². The van der Waals surface area contributed by atoms with Crippen LogP contribution in [0, 0.1) is 0 Å². The molecule has 9 rings (SSSR count). The molecule has 0 aliphatic carbocycles. The summed E-state index contributed by atoms with van der Waals surface area (Å²) in [7, 11) is 0. The third-order valence-corrected chi connectivity index (χ3v) is 8.31. The Bertz CT molecular complexity index is 2430. The van der Waals surface area contributed by atoms with E-state index in [4.69, 9.17) is 9.97 Å². The molecule has 0 aliphatic rings. The monoisotopic (exact) mass is 589 g/mol. The Balaban J connectivity index is 1.05. The molecule has 4 heterocycles. The molecule has 0 saturated heterocycles. The maximum atomic E-state index is 4.90. The summed E-state index contributed by atoms with van der Waals surface area (Å²) in [5, 5.41) is 6.65. The molecule has 0 bridgehead atoms. The number of pyridine rings is 2. The summed E-state index contributed by atoms with van der Waals surface area (Å²) in [6.45, 7) is 0. The van der Waals surface area contributed by atoms with Crippen molar-refractivity contribution in [2.75, 3.05) is 0 Å². The molecule has 0 amide bonds. The Morgan fingerprint density at radius 2 is 0.913 bits per heavy atom. The van der Waals surface area contributed by atoms with Crippen LogP contribution in [0.2, 0.25) is 0 Å². The Kier molecular flexibility index (Phi) is 5.99. The van der Waals surface area contributed by atoms with Gasteiger partial charge in [-0.1, -0.05) is 72.8 Å². The first-order chi connectivity index (χ1) is 22.7. The molecule has 7 nitrogen and oxygen atoms in total. The van der Waals surface area contributed by atoms with E-state index in [1.54, 1.807) is 6.33 Å². The summed E-state index contributed by atoms with van der Waals surface area (Å²) >= 11 is 0. The van der Waals surface area contributed by atoms with E-state index in [2.05, 4.69) is 91.6 Å². The fourth-order valence-corrected chi connectivity index (χ4v) is 5.99. The highest BCUT2D eigenvalue weighted by molar-refractivity contribution is 6.09. The number of para-hydroxylation sites is 2. The number of hydrogen-bond acceptors (Lipinski definition) is 7. The van der Waals surface area contributed by atoms with Gasteiger partial charge in [0.1, 0.15) is 6.33 Å². The zero-order chi connectivity index (χ0) is 30.5. The van der Waals surface area contributed by atoms with Crippen molar-refractivity contribution >= 4 is 43.4 Å². The van der Waals surface area contributed by atoms with Crippen LogP contribution in [0.1, 0.15) is 0 Å². The average Bonchev–Trinajstić information content (AvgIpc) is 3.14. The predicted molar refractivity (Wildman–Crippen MR) is 183 cm³/mol. The molecule has 0 spiro atoms. The highest BCUT2D eigenvalue weighted by Crippen LogP contribution is 2.32. The number of nitrogens with zero attached hydrogens (tertiary/aromatic N) is 7. The van der Waals surface area contributed by atoms with Gasteiger partial charge in [0.2, 0.25) is 0 Å². The molecule has 4 aromatic heterocycles. The third kappa shape index (κ3) is 4.58. The van der Waals surface area contributed by atoms with Gasteiger partial charge in [0, 0.05) is 51.6 Å². The van der Waals surface area contributed by atoms with E-state index in [0.29, 0.717) is 17.5 Å². The Morgan fingerprint density at radius 1 is 0.370 bits per heavy atom. The summed E-state index contributed by atoms with van der Waals surface area (Å²) in [6.07, 6.45) is 7.05. The summed E-state index contributed by atoms with van der Waals surface area (Å²) in [6, 6.07) is 39.2. The Labute approximate surface area is 263 Å². The topological polar surface area (TPSA) is 90.2 Å². The normalized spacial score (nSPS) is 11.5. The maximum Gasteiger partial charge on any atom is 0.164 e. The molecule has 46 heavy (non-hydrogen) atoms. The second-order valence-electron chi connectivity index (χ2n) is 11.2. The molecule has 9 aromatic rings. The van der Waals surface area contributed by atoms with Gasteiger partial charge < -0.3 is 0 Å². The van der Waals surface area contributed by atoms with Crippen LogP contribution in [0.25, 0.3) is 88.8 Å². The van der Waals surface area contributed by atoms with E-state index in [1.807, 2.05) is 67.1 Å². The molecule has 7 heteroatoms. The van der Waals surface area contributed by atoms with Crippen LogP contribution >= 0.6 is 0 Å².